The standard InChI is InChI=1S/C14H11ClF2O2/c15-9-10-1-3-11(4-2-10)18-12-5-7-13(8-6-12)19-14(16)17/h1-8,14H,9H2. The van der Waals surface area contributed by atoms with E-state index in [4.69, 9.17) is 16.3 Å². The fourth-order valence-electron chi connectivity index (χ4n) is 1.47. The third-order valence-electron chi connectivity index (χ3n) is 2.36. The number of hydrogen-bond donors (Lipinski definition) is 0. The van der Waals surface area contributed by atoms with Gasteiger partial charge in [0.05, 0.1) is 0 Å². The van der Waals surface area contributed by atoms with Gasteiger partial charge in [-0.15, -0.1) is 11.6 Å². The van der Waals surface area contributed by atoms with Gasteiger partial charge < -0.3 is 9.47 Å². The van der Waals surface area contributed by atoms with Gasteiger partial charge in [0.15, 0.2) is 0 Å². The molecule has 0 aliphatic rings. The largest absolute Gasteiger partial charge is 0.457 e. The monoisotopic (exact) mass is 284 g/mol. The predicted molar refractivity (Wildman–Crippen MR) is 69.1 cm³/mol. The normalized spacial score (nSPS) is 10.5. The van der Waals surface area contributed by atoms with Gasteiger partial charge in [-0.2, -0.15) is 8.78 Å². The highest BCUT2D eigenvalue weighted by Crippen LogP contribution is 2.25. The molecule has 0 heterocycles. The van der Waals surface area contributed by atoms with Crippen molar-refractivity contribution in [1.82, 2.24) is 0 Å². The van der Waals surface area contributed by atoms with Crippen LogP contribution < -0.4 is 9.47 Å². The molecule has 2 rings (SSSR count). The van der Waals surface area contributed by atoms with Gasteiger partial charge >= 0.3 is 6.61 Å². The van der Waals surface area contributed by atoms with E-state index in [0.717, 1.165) is 5.56 Å². The zero-order valence-electron chi connectivity index (χ0n) is 9.85. The Morgan fingerprint density at radius 2 is 1.32 bits per heavy atom. The maximum atomic E-state index is 12.0. The van der Waals surface area contributed by atoms with E-state index < -0.39 is 6.61 Å². The van der Waals surface area contributed by atoms with Crippen LogP contribution in [0.15, 0.2) is 48.5 Å². The fourth-order valence-corrected chi connectivity index (χ4v) is 1.65. The molecule has 0 amide bonds. The molecule has 0 aliphatic carbocycles. The quantitative estimate of drug-likeness (QED) is 0.733. The molecule has 0 bridgehead atoms. The number of benzene rings is 2. The second-order valence-corrected chi connectivity index (χ2v) is 4.00. The zero-order valence-corrected chi connectivity index (χ0v) is 10.6. The Bertz CT molecular complexity index is 512. The molecule has 0 unspecified atom stereocenters. The molecule has 0 saturated carbocycles. The minimum atomic E-state index is -2.82. The van der Waals surface area contributed by atoms with Crippen LogP contribution in [0, 0.1) is 0 Å². The average Bonchev–Trinajstić information content (AvgIpc) is 2.41. The van der Waals surface area contributed by atoms with Gasteiger partial charge in [-0.05, 0) is 42.0 Å². The van der Waals surface area contributed by atoms with Crippen molar-refractivity contribution in [3.8, 4) is 17.2 Å². The summed E-state index contributed by atoms with van der Waals surface area (Å²) in [5.41, 5.74) is 0.995. The Hall–Kier alpha value is -1.81. The Kier molecular flexibility index (Phi) is 4.58. The highest BCUT2D eigenvalue weighted by Gasteiger charge is 2.04. The van der Waals surface area contributed by atoms with Crippen LogP contribution in [0.5, 0.6) is 17.2 Å². The van der Waals surface area contributed by atoms with Crippen LogP contribution in [0.2, 0.25) is 0 Å². The summed E-state index contributed by atoms with van der Waals surface area (Å²) in [6, 6.07) is 13.3. The Labute approximate surface area is 114 Å². The number of rotatable bonds is 5. The van der Waals surface area contributed by atoms with Crippen molar-refractivity contribution in [2.45, 2.75) is 12.5 Å². The van der Waals surface area contributed by atoms with E-state index >= 15 is 0 Å². The third kappa shape index (κ3) is 4.10. The molecule has 100 valence electrons. The highest BCUT2D eigenvalue weighted by molar-refractivity contribution is 6.17. The van der Waals surface area contributed by atoms with Crippen LogP contribution in [0.1, 0.15) is 5.56 Å². The lowest BCUT2D eigenvalue weighted by atomic mass is 10.2. The first-order valence-corrected chi connectivity index (χ1v) is 6.08. The molecule has 2 nitrogen and oxygen atoms in total. The van der Waals surface area contributed by atoms with Crippen LogP contribution in [-0.4, -0.2) is 6.61 Å². The minimum absolute atomic E-state index is 0.0971. The second kappa shape index (κ2) is 6.38. The zero-order chi connectivity index (χ0) is 13.7. The summed E-state index contributed by atoms with van der Waals surface area (Å²) in [6.07, 6.45) is 0. The van der Waals surface area contributed by atoms with Crippen molar-refractivity contribution in [3.63, 3.8) is 0 Å². The van der Waals surface area contributed by atoms with Crippen molar-refractivity contribution in [2.24, 2.45) is 0 Å². The van der Waals surface area contributed by atoms with E-state index in [0.29, 0.717) is 17.4 Å². The topological polar surface area (TPSA) is 18.5 Å². The van der Waals surface area contributed by atoms with Gasteiger partial charge in [0.2, 0.25) is 0 Å². The van der Waals surface area contributed by atoms with Gasteiger partial charge in [0, 0.05) is 5.88 Å². The summed E-state index contributed by atoms with van der Waals surface area (Å²) in [5.74, 6) is 1.73. The van der Waals surface area contributed by atoms with Crippen molar-refractivity contribution in [3.05, 3.63) is 54.1 Å². The third-order valence-corrected chi connectivity index (χ3v) is 2.67. The highest BCUT2D eigenvalue weighted by atomic mass is 35.5. The molecule has 2 aromatic rings. The summed E-state index contributed by atoms with van der Waals surface area (Å²) < 4.78 is 33.7. The van der Waals surface area contributed by atoms with Crippen LogP contribution in [0.25, 0.3) is 0 Å². The van der Waals surface area contributed by atoms with Gasteiger partial charge in [0.1, 0.15) is 17.2 Å². The molecule has 0 saturated heterocycles. The summed E-state index contributed by atoms with van der Waals surface area (Å²) in [5, 5.41) is 0. The maximum Gasteiger partial charge on any atom is 0.387 e. The van der Waals surface area contributed by atoms with E-state index in [1.54, 1.807) is 24.3 Å². The van der Waals surface area contributed by atoms with Crippen LogP contribution in [0.4, 0.5) is 8.78 Å². The summed E-state index contributed by atoms with van der Waals surface area (Å²) in [7, 11) is 0. The number of hydrogen-bond acceptors (Lipinski definition) is 2. The molecule has 2 aromatic carbocycles. The lowest BCUT2D eigenvalue weighted by Crippen LogP contribution is -2.01. The molecule has 5 heteroatoms. The minimum Gasteiger partial charge on any atom is -0.457 e. The fraction of sp³-hybridized carbons (Fsp3) is 0.143. The van der Waals surface area contributed by atoms with Crippen molar-refractivity contribution >= 4 is 11.6 Å². The van der Waals surface area contributed by atoms with Gasteiger partial charge in [-0.25, -0.2) is 0 Å². The van der Waals surface area contributed by atoms with Crippen molar-refractivity contribution in [1.29, 1.82) is 0 Å². The first-order valence-electron chi connectivity index (χ1n) is 5.55. The molecule has 0 aromatic heterocycles. The van der Waals surface area contributed by atoms with Gasteiger partial charge in [-0.3, -0.25) is 0 Å². The average molecular weight is 285 g/mol. The summed E-state index contributed by atoms with van der Waals surface area (Å²) >= 11 is 5.68. The molecule has 0 radical (unpaired) electrons. The second-order valence-electron chi connectivity index (χ2n) is 3.73. The molecule has 0 aliphatic heterocycles. The molecule has 0 fully saturated rings. The Morgan fingerprint density at radius 3 is 1.79 bits per heavy atom. The number of ether oxygens (including phenoxy) is 2. The Balaban J connectivity index is 2.02. The summed E-state index contributed by atoms with van der Waals surface area (Å²) in [4.78, 5) is 0. The van der Waals surface area contributed by atoms with Crippen molar-refractivity contribution < 1.29 is 18.3 Å². The van der Waals surface area contributed by atoms with E-state index in [-0.39, 0.29) is 5.75 Å². The molecular weight excluding hydrogens is 274 g/mol. The molecule has 0 N–H and O–H groups in total. The first kappa shape index (κ1) is 13.6. The van der Waals surface area contributed by atoms with E-state index in [1.165, 1.54) is 12.1 Å². The van der Waals surface area contributed by atoms with E-state index in [9.17, 15) is 8.78 Å². The lowest BCUT2D eigenvalue weighted by molar-refractivity contribution is -0.0498. The number of halogens is 3. The van der Waals surface area contributed by atoms with Crippen LogP contribution >= 0.6 is 11.6 Å². The molecule has 19 heavy (non-hydrogen) atoms. The number of alkyl halides is 3. The molecule has 0 atom stereocenters. The first-order chi connectivity index (χ1) is 9.17. The Morgan fingerprint density at radius 1 is 0.842 bits per heavy atom. The lowest BCUT2D eigenvalue weighted by Gasteiger charge is -2.08. The van der Waals surface area contributed by atoms with Crippen molar-refractivity contribution in [2.75, 3.05) is 0 Å². The van der Waals surface area contributed by atoms with Crippen LogP contribution in [-0.2, 0) is 5.88 Å². The maximum absolute atomic E-state index is 12.0. The van der Waals surface area contributed by atoms with Gasteiger partial charge in [0.25, 0.3) is 0 Å². The SMILES string of the molecule is FC(F)Oc1ccc(Oc2ccc(CCl)cc2)cc1. The van der Waals surface area contributed by atoms with Gasteiger partial charge in [-0.1, -0.05) is 12.1 Å². The smallest absolute Gasteiger partial charge is 0.387 e. The van der Waals surface area contributed by atoms with Crippen LogP contribution in [0.3, 0.4) is 0 Å². The van der Waals surface area contributed by atoms with E-state index in [1.807, 2.05) is 12.1 Å². The molecular formula is C14H11ClF2O2. The summed E-state index contributed by atoms with van der Waals surface area (Å²) in [6.45, 7) is -2.82. The van der Waals surface area contributed by atoms with E-state index in [2.05, 4.69) is 4.74 Å². The predicted octanol–water partition coefficient (Wildman–Crippen LogP) is 4.82. The molecule has 0 spiro atoms.